The number of piperidine rings is 1. The zero-order chi connectivity index (χ0) is 25.7. The Balaban J connectivity index is 1.65. The molecule has 1 aliphatic carbocycles. The van der Waals surface area contributed by atoms with Gasteiger partial charge in [0.05, 0.1) is 11.7 Å². The highest BCUT2D eigenvalue weighted by atomic mass is 35.5. The van der Waals surface area contributed by atoms with Crippen molar-refractivity contribution in [2.24, 2.45) is 17.6 Å². The maximum Gasteiger partial charge on any atom is 0.225 e. The van der Waals surface area contributed by atoms with Crippen LogP contribution >= 0.6 is 11.6 Å². The number of nitrogens with two attached hydrogens (primary N) is 1. The zero-order valence-corrected chi connectivity index (χ0v) is 21.9. The molecule has 1 heterocycles. The Morgan fingerprint density at radius 1 is 1.14 bits per heavy atom. The normalized spacial score (nSPS) is 26.1. The van der Waals surface area contributed by atoms with Gasteiger partial charge in [-0.15, -0.1) is 0 Å². The lowest BCUT2D eigenvalue weighted by Gasteiger charge is -2.44. The molecule has 2 aromatic rings. The van der Waals surface area contributed by atoms with E-state index in [0.29, 0.717) is 44.0 Å². The molecule has 1 saturated carbocycles. The molecule has 5 atom stereocenters. The number of nitrogens with zero attached hydrogens (tertiary/aromatic N) is 1. The number of carbonyl (C=O) groups is 1. The van der Waals surface area contributed by atoms with E-state index in [4.69, 9.17) is 22.1 Å². The van der Waals surface area contributed by atoms with Crippen molar-refractivity contribution in [3.8, 4) is 11.1 Å². The minimum atomic E-state index is -1.13. The zero-order valence-electron chi connectivity index (χ0n) is 21.1. The lowest BCUT2D eigenvalue weighted by Crippen LogP contribution is -2.49. The average Bonchev–Trinajstić information content (AvgIpc) is 3.24. The second-order valence-corrected chi connectivity index (χ2v) is 10.8. The summed E-state index contributed by atoms with van der Waals surface area (Å²) in [5.74, 6) is -0.326. The summed E-state index contributed by atoms with van der Waals surface area (Å²) < 4.78 is 5.26. The summed E-state index contributed by atoms with van der Waals surface area (Å²) in [5.41, 5.74) is 7.53. The summed E-state index contributed by atoms with van der Waals surface area (Å²) in [6.45, 7) is 1.79. The van der Waals surface area contributed by atoms with Gasteiger partial charge in [0, 0.05) is 55.3 Å². The lowest BCUT2D eigenvalue weighted by molar-refractivity contribution is -0.141. The van der Waals surface area contributed by atoms with Crippen LogP contribution in [0.15, 0.2) is 48.5 Å². The van der Waals surface area contributed by atoms with Crippen LogP contribution < -0.4 is 5.73 Å². The summed E-state index contributed by atoms with van der Waals surface area (Å²) in [6, 6.07) is 15.3. The SMILES string of the molecule is COCCCC[C@@](O)(c1ccccc1-c1ccccc1Cl)C1CCCN(C(=O)[C@H]2C[C@@H](N)[C@@H](O)C2)C1. The molecule has 7 heteroatoms. The van der Waals surface area contributed by atoms with Gasteiger partial charge in [-0.25, -0.2) is 0 Å². The van der Waals surface area contributed by atoms with E-state index in [0.717, 1.165) is 42.4 Å². The molecule has 6 nitrogen and oxygen atoms in total. The summed E-state index contributed by atoms with van der Waals surface area (Å²) in [4.78, 5) is 15.3. The molecule has 1 aliphatic heterocycles. The van der Waals surface area contributed by atoms with Gasteiger partial charge in [-0.1, -0.05) is 54.1 Å². The maximum atomic E-state index is 13.4. The molecule has 4 rings (SSSR count). The molecule has 0 radical (unpaired) electrons. The van der Waals surface area contributed by atoms with Crippen molar-refractivity contribution in [3.05, 3.63) is 59.1 Å². The molecule has 0 bridgehead atoms. The first-order valence-corrected chi connectivity index (χ1v) is 13.5. The van der Waals surface area contributed by atoms with Gasteiger partial charge in [0.1, 0.15) is 0 Å². The van der Waals surface area contributed by atoms with E-state index in [2.05, 4.69) is 0 Å². The van der Waals surface area contributed by atoms with Crippen LogP contribution in [0.4, 0.5) is 0 Å². The molecular weight excluding hydrogens is 476 g/mol. The Bertz CT molecular complexity index is 1020. The molecule has 1 unspecified atom stereocenters. The third kappa shape index (κ3) is 5.79. The van der Waals surface area contributed by atoms with E-state index in [1.807, 2.05) is 53.4 Å². The first-order valence-electron chi connectivity index (χ1n) is 13.1. The lowest BCUT2D eigenvalue weighted by atomic mass is 9.72. The monoisotopic (exact) mass is 514 g/mol. The molecule has 196 valence electrons. The average molecular weight is 515 g/mol. The minimum Gasteiger partial charge on any atom is -0.391 e. The molecule has 36 heavy (non-hydrogen) atoms. The van der Waals surface area contributed by atoms with Crippen LogP contribution in [0.2, 0.25) is 5.02 Å². The number of aliphatic hydroxyl groups is 2. The third-order valence-electron chi connectivity index (χ3n) is 8.05. The Kier molecular flexibility index (Phi) is 9.07. The number of rotatable bonds is 9. The molecule has 4 N–H and O–H groups in total. The number of unbranched alkanes of at least 4 members (excludes halogenated alkanes) is 1. The highest BCUT2D eigenvalue weighted by Gasteiger charge is 2.44. The van der Waals surface area contributed by atoms with Crippen LogP contribution in [0.3, 0.4) is 0 Å². The van der Waals surface area contributed by atoms with Crippen molar-refractivity contribution in [2.75, 3.05) is 26.8 Å². The number of carbonyl (C=O) groups excluding carboxylic acids is 1. The van der Waals surface area contributed by atoms with Gasteiger partial charge in [-0.2, -0.15) is 0 Å². The maximum absolute atomic E-state index is 13.4. The predicted octanol–water partition coefficient (Wildman–Crippen LogP) is 4.35. The molecule has 1 amide bonds. The smallest absolute Gasteiger partial charge is 0.225 e. The number of aliphatic hydroxyl groups excluding tert-OH is 1. The molecule has 2 aliphatic rings. The number of methoxy groups -OCH3 is 1. The molecular formula is C29H39ClN2O4. The second-order valence-electron chi connectivity index (χ2n) is 10.4. The molecule has 1 saturated heterocycles. The quantitative estimate of drug-likeness (QED) is 0.432. The Morgan fingerprint density at radius 2 is 1.86 bits per heavy atom. The van der Waals surface area contributed by atoms with Crippen molar-refractivity contribution < 1.29 is 19.7 Å². The highest BCUT2D eigenvalue weighted by molar-refractivity contribution is 6.33. The third-order valence-corrected chi connectivity index (χ3v) is 8.38. The van der Waals surface area contributed by atoms with Gasteiger partial charge < -0.3 is 25.6 Å². The number of hydrogen-bond acceptors (Lipinski definition) is 5. The van der Waals surface area contributed by atoms with Crippen LogP contribution in [0, 0.1) is 11.8 Å². The fourth-order valence-electron chi connectivity index (χ4n) is 6.05. The largest absolute Gasteiger partial charge is 0.391 e. The fraction of sp³-hybridized carbons (Fsp3) is 0.552. The molecule has 0 spiro atoms. The van der Waals surface area contributed by atoms with E-state index in [-0.39, 0.29) is 23.8 Å². The van der Waals surface area contributed by atoms with Crippen molar-refractivity contribution in [1.82, 2.24) is 4.90 Å². The second kappa shape index (κ2) is 12.1. The summed E-state index contributed by atoms with van der Waals surface area (Å²) in [7, 11) is 1.69. The van der Waals surface area contributed by atoms with Crippen LogP contribution in [0.1, 0.15) is 50.5 Å². The van der Waals surface area contributed by atoms with Gasteiger partial charge in [-0.3, -0.25) is 4.79 Å². The number of benzene rings is 2. The number of ether oxygens (including phenoxy) is 1. The van der Waals surface area contributed by atoms with E-state index in [9.17, 15) is 15.0 Å². The van der Waals surface area contributed by atoms with Gasteiger partial charge in [-0.05, 0) is 62.1 Å². The van der Waals surface area contributed by atoms with Crippen molar-refractivity contribution >= 4 is 17.5 Å². The standard InChI is InChI=1S/C29H39ClN2O4/c1-36-16-7-6-14-29(35,24-12-4-2-10-22(24)23-11-3-5-13-25(23)30)21-9-8-15-32(19-21)28(34)20-17-26(31)27(33)18-20/h2-5,10-13,20-21,26-27,33,35H,6-9,14-19,31H2,1H3/t20-,21?,26+,27-,29-/m0/s1. The van der Waals surface area contributed by atoms with E-state index >= 15 is 0 Å². The first kappa shape index (κ1) is 27.1. The van der Waals surface area contributed by atoms with Crippen molar-refractivity contribution in [2.45, 2.75) is 62.7 Å². The Labute approximate surface area is 219 Å². The summed E-state index contributed by atoms with van der Waals surface area (Å²) in [6.07, 6.45) is 4.17. The minimum absolute atomic E-state index is 0.0489. The van der Waals surface area contributed by atoms with E-state index in [1.54, 1.807) is 7.11 Å². The molecule has 2 fully saturated rings. The van der Waals surface area contributed by atoms with Crippen LogP contribution in [-0.4, -0.2) is 60.0 Å². The van der Waals surface area contributed by atoms with Crippen molar-refractivity contribution in [3.63, 3.8) is 0 Å². The fourth-order valence-corrected chi connectivity index (χ4v) is 6.29. The van der Waals surface area contributed by atoms with Crippen molar-refractivity contribution in [1.29, 1.82) is 0 Å². The predicted molar refractivity (Wildman–Crippen MR) is 143 cm³/mol. The van der Waals surface area contributed by atoms with E-state index in [1.165, 1.54) is 0 Å². The first-order chi connectivity index (χ1) is 17.3. The molecule has 0 aromatic heterocycles. The van der Waals surface area contributed by atoms with Crippen LogP contribution in [-0.2, 0) is 15.1 Å². The summed E-state index contributed by atoms with van der Waals surface area (Å²) >= 11 is 6.59. The number of likely N-dealkylation sites (tertiary alicyclic amines) is 1. The number of amides is 1. The van der Waals surface area contributed by atoms with E-state index < -0.39 is 11.7 Å². The highest BCUT2D eigenvalue weighted by Crippen LogP contribution is 2.45. The van der Waals surface area contributed by atoms with Gasteiger partial charge in [0.2, 0.25) is 5.91 Å². The van der Waals surface area contributed by atoms with Gasteiger partial charge in [0.25, 0.3) is 0 Å². The topological polar surface area (TPSA) is 96.0 Å². The molecule has 2 aromatic carbocycles. The van der Waals surface area contributed by atoms with Gasteiger partial charge >= 0.3 is 0 Å². The Morgan fingerprint density at radius 3 is 2.56 bits per heavy atom. The number of hydrogen-bond donors (Lipinski definition) is 3. The van der Waals surface area contributed by atoms with Gasteiger partial charge in [0.15, 0.2) is 0 Å². The summed E-state index contributed by atoms with van der Waals surface area (Å²) in [5, 5.41) is 23.2. The van der Waals surface area contributed by atoms with Crippen LogP contribution in [0.25, 0.3) is 11.1 Å². The number of halogens is 1. The Hall–Kier alpha value is -1.96. The van der Waals surface area contributed by atoms with Crippen LogP contribution in [0.5, 0.6) is 0 Å².